The fraction of sp³-hybridized carbons (Fsp3) is 0.533. The van der Waals surface area contributed by atoms with E-state index in [1.54, 1.807) is 0 Å². The van der Waals surface area contributed by atoms with Gasteiger partial charge in [-0.3, -0.25) is 4.99 Å². The predicted octanol–water partition coefficient (Wildman–Crippen LogP) is 3.60. The van der Waals surface area contributed by atoms with Gasteiger partial charge in [0, 0.05) is 30.3 Å². The van der Waals surface area contributed by atoms with E-state index in [9.17, 15) is 0 Å². The lowest BCUT2D eigenvalue weighted by atomic mass is 9.78. The third-order valence-corrected chi connectivity index (χ3v) is 3.70. The topological polar surface area (TPSA) is 44.6 Å². The smallest absolute Gasteiger partial charge is 0.102 e. The summed E-state index contributed by atoms with van der Waals surface area (Å²) in [6.45, 7) is 5.44. The van der Waals surface area contributed by atoms with E-state index < -0.39 is 0 Å². The maximum absolute atomic E-state index is 8.77. The Hall–Kier alpha value is -1.06. The molecule has 0 unspecified atom stereocenters. The molecule has 2 N–H and O–H groups in total. The molecule has 0 aromatic heterocycles. The highest BCUT2D eigenvalue weighted by Crippen LogP contribution is 2.38. The number of aliphatic imine (C=N–C) groups is 1. The molecule has 1 aliphatic heterocycles. The van der Waals surface area contributed by atoms with Crippen LogP contribution in [0.5, 0.6) is 0 Å². The zero-order valence-corrected chi connectivity index (χ0v) is 12.3. The Kier molecular flexibility index (Phi) is 4.48. The lowest BCUT2D eigenvalue weighted by molar-refractivity contribution is 0.285. The quantitative estimate of drug-likeness (QED) is 0.828. The highest BCUT2D eigenvalue weighted by molar-refractivity contribution is 6.30. The molecule has 1 aromatic rings. The lowest BCUT2D eigenvalue weighted by Crippen LogP contribution is -2.32. The number of anilines is 1. The first kappa shape index (κ1) is 14.4. The summed E-state index contributed by atoms with van der Waals surface area (Å²) in [5, 5.41) is 12.9. The van der Waals surface area contributed by atoms with Crippen LogP contribution in [-0.2, 0) is 5.41 Å². The second kappa shape index (κ2) is 5.93. The van der Waals surface area contributed by atoms with E-state index >= 15 is 0 Å². The van der Waals surface area contributed by atoms with Crippen molar-refractivity contribution in [2.45, 2.75) is 38.5 Å². The molecule has 19 heavy (non-hydrogen) atoms. The van der Waals surface area contributed by atoms with Crippen LogP contribution in [0.3, 0.4) is 0 Å². The monoisotopic (exact) mass is 280 g/mol. The minimum atomic E-state index is 0.0430. The number of hydrogen-bond acceptors (Lipinski definition) is 2. The molecule has 0 aliphatic carbocycles. The van der Waals surface area contributed by atoms with Crippen molar-refractivity contribution in [3.8, 4) is 0 Å². The van der Waals surface area contributed by atoms with E-state index in [1.165, 1.54) is 5.56 Å². The van der Waals surface area contributed by atoms with Crippen LogP contribution in [0.1, 0.15) is 38.7 Å². The summed E-state index contributed by atoms with van der Waals surface area (Å²) in [4.78, 5) is 4.60. The first-order chi connectivity index (χ1) is 9.03. The Morgan fingerprint density at radius 3 is 2.89 bits per heavy atom. The zero-order valence-electron chi connectivity index (χ0n) is 11.5. The van der Waals surface area contributed by atoms with E-state index in [-0.39, 0.29) is 12.0 Å². The summed E-state index contributed by atoms with van der Waals surface area (Å²) < 4.78 is 0. The molecule has 104 valence electrons. The number of hydrogen-bond donors (Lipinski definition) is 2. The predicted molar refractivity (Wildman–Crippen MR) is 81.3 cm³/mol. The number of rotatable bonds is 4. The molecule has 0 radical (unpaired) electrons. The van der Waals surface area contributed by atoms with Crippen molar-refractivity contribution in [1.82, 2.24) is 0 Å². The van der Waals surface area contributed by atoms with Crippen LogP contribution in [0.25, 0.3) is 0 Å². The van der Waals surface area contributed by atoms with Gasteiger partial charge in [0.25, 0.3) is 0 Å². The molecule has 0 spiro atoms. The number of fused-ring (bicyclic) bond motifs is 1. The molecule has 0 saturated carbocycles. The molecule has 3 nitrogen and oxygen atoms in total. The summed E-state index contributed by atoms with van der Waals surface area (Å²) in [5.74, 6) is 1.03. The first-order valence-electron chi connectivity index (χ1n) is 6.74. The molecule has 2 rings (SSSR count). The van der Waals surface area contributed by atoms with Crippen LogP contribution in [0.2, 0.25) is 5.02 Å². The van der Waals surface area contributed by atoms with Crippen LogP contribution in [-0.4, -0.2) is 24.1 Å². The Labute approximate surface area is 119 Å². The summed E-state index contributed by atoms with van der Waals surface area (Å²) in [6.07, 6.45) is 2.63. The van der Waals surface area contributed by atoms with E-state index in [2.05, 4.69) is 24.2 Å². The number of halogens is 1. The SMILES string of the molecule is CC1(C)CC(=NCCCCO)Nc2ccc(Cl)cc21. The number of aliphatic hydroxyl groups excluding tert-OH is 1. The Morgan fingerprint density at radius 1 is 1.37 bits per heavy atom. The average molecular weight is 281 g/mol. The van der Waals surface area contributed by atoms with Crippen molar-refractivity contribution in [2.24, 2.45) is 4.99 Å². The van der Waals surface area contributed by atoms with Gasteiger partial charge in [-0.25, -0.2) is 0 Å². The second-order valence-corrected chi connectivity index (χ2v) is 6.07. The molecular weight excluding hydrogens is 260 g/mol. The van der Waals surface area contributed by atoms with E-state index in [1.807, 2.05) is 18.2 Å². The van der Waals surface area contributed by atoms with Crippen molar-refractivity contribution >= 4 is 23.1 Å². The van der Waals surface area contributed by atoms with Crippen molar-refractivity contribution in [1.29, 1.82) is 0 Å². The summed E-state index contributed by atoms with van der Waals surface area (Å²) in [7, 11) is 0. The van der Waals surface area contributed by atoms with Gasteiger partial charge in [-0.2, -0.15) is 0 Å². The first-order valence-corrected chi connectivity index (χ1v) is 7.12. The third kappa shape index (κ3) is 3.48. The Morgan fingerprint density at radius 2 is 2.16 bits per heavy atom. The van der Waals surface area contributed by atoms with Crippen molar-refractivity contribution in [3.05, 3.63) is 28.8 Å². The molecule has 0 fully saturated rings. The molecule has 0 bridgehead atoms. The Balaban J connectivity index is 2.16. The number of aliphatic hydroxyl groups is 1. The summed E-state index contributed by atoms with van der Waals surface area (Å²) in [5.41, 5.74) is 2.39. The zero-order chi connectivity index (χ0) is 13.9. The van der Waals surface area contributed by atoms with E-state index in [4.69, 9.17) is 16.7 Å². The lowest BCUT2D eigenvalue weighted by Gasteiger charge is -2.34. The average Bonchev–Trinajstić information content (AvgIpc) is 2.35. The molecule has 0 amide bonds. The number of nitrogens with zero attached hydrogens (tertiary/aromatic N) is 1. The van der Waals surface area contributed by atoms with E-state index in [0.717, 1.165) is 42.4 Å². The summed E-state index contributed by atoms with van der Waals surface area (Å²) >= 11 is 6.08. The molecule has 1 aliphatic rings. The van der Waals surface area contributed by atoms with Gasteiger partial charge in [0.2, 0.25) is 0 Å². The van der Waals surface area contributed by atoms with Crippen LogP contribution in [0, 0.1) is 0 Å². The highest BCUT2D eigenvalue weighted by Gasteiger charge is 2.30. The minimum absolute atomic E-state index is 0.0430. The molecule has 0 atom stereocenters. The fourth-order valence-electron chi connectivity index (χ4n) is 2.43. The molecule has 1 heterocycles. The second-order valence-electron chi connectivity index (χ2n) is 5.63. The van der Waals surface area contributed by atoms with E-state index in [0.29, 0.717) is 0 Å². The maximum atomic E-state index is 8.77. The number of unbranched alkanes of at least 4 members (excludes halogenated alkanes) is 1. The standard InChI is InChI=1S/C15H21ClN2O/c1-15(2)10-14(17-7-3-4-8-19)18-13-6-5-11(16)9-12(13)15/h5-6,9,19H,3-4,7-8,10H2,1-2H3,(H,17,18). The normalized spacial score (nSPS) is 19.1. The van der Waals surface area contributed by atoms with Gasteiger partial charge >= 0.3 is 0 Å². The summed E-state index contributed by atoms with van der Waals surface area (Å²) in [6, 6.07) is 5.95. The van der Waals surface area contributed by atoms with Gasteiger partial charge < -0.3 is 10.4 Å². The number of nitrogens with one attached hydrogen (secondary N) is 1. The van der Waals surface area contributed by atoms with Gasteiger partial charge in [0.15, 0.2) is 0 Å². The van der Waals surface area contributed by atoms with Gasteiger partial charge in [-0.1, -0.05) is 25.4 Å². The Bertz CT molecular complexity index is 483. The van der Waals surface area contributed by atoms with Crippen molar-refractivity contribution < 1.29 is 5.11 Å². The fourth-order valence-corrected chi connectivity index (χ4v) is 2.60. The van der Waals surface area contributed by atoms with Crippen LogP contribution in [0.4, 0.5) is 5.69 Å². The van der Waals surface area contributed by atoms with Crippen LogP contribution >= 0.6 is 11.6 Å². The third-order valence-electron chi connectivity index (χ3n) is 3.47. The molecule has 1 aromatic carbocycles. The van der Waals surface area contributed by atoms with Gasteiger partial charge in [-0.15, -0.1) is 0 Å². The van der Waals surface area contributed by atoms with Gasteiger partial charge in [0.05, 0.1) is 0 Å². The number of amidine groups is 1. The van der Waals surface area contributed by atoms with Crippen molar-refractivity contribution in [3.63, 3.8) is 0 Å². The highest BCUT2D eigenvalue weighted by atomic mass is 35.5. The molecule has 0 saturated heterocycles. The molecule has 4 heteroatoms. The molecular formula is C15H21ClN2O. The number of benzene rings is 1. The minimum Gasteiger partial charge on any atom is -0.396 e. The van der Waals surface area contributed by atoms with Crippen molar-refractivity contribution in [2.75, 3.05) is 18.5 Å². The maximum Gasteiger partial charge on any atom is 0.102 e. The van der Waals surface area contributed by atoms with Crippen LogP contribution < -0.4 is 5.32 Å². The van der Waals surface area contributed by atoms with Crippen LogP contribution in [0.15, 0.2) is 23.2 Å². The largest absolute Gasteiger partial charge is 0.396 e. The van der Waals surface area contributed by atoms with Gasteiger partial charge in [-0.05, 0) is 42.0 Å². The van der Waals surface area contributed by atoms with Gasteiger partial charge in [0.1, 0.15) is 5.84 Å².